The fraction of sp³-hybridized carbons (Fsp3) is 0.286. The van der Waals surface area contributed by atoms with Crippen molar-refractivity contribution in [3.05, 3.63) is 29.7 Å². The van der Waals surface area contributed by atoms with Crippen LogP contribution in [0.4, 0.5) is 4.39 Å². The van der Waals surface area contributed by atoms with Gasteiger partial charge in [-0.15, -0.1) is 0 Å². The van der Waals surface area contributed by atoms with Crippen LogP contribution in [0.15, 0.2) is 18.3 Å². The Labute approximate surface area is 115 Å². The van der Waals surface area contributed by atoms with E-state index in [0.29, 0.717) is 17.4 Å². The van der Waals surface area contributed by atoms with Crippen LogP contribution >= 0.6 is 0 Å². The van der Waals surface area contributed by atoms with Gasteiger partial charge in [-0.2, -0.15) is 0 Å². The number of aromatic nitrogens is 1. The second kappa shape index (κ2) is 5.32. The van der Waals surface area contributed by atoms with E-state index in [-0.39, 0.29) is 11.3 Å². The molecule has 0 spiro atoms. The second-order valence-electron chi connectivity index (χ2n) is 4.38. The molecule has 0 unspecified atom stereocenters. The van der Waals surface area contributed by atoms with Crippen LogP contribution < -0.4 is 4.74 Å². The molecule has 1 aromatic heterocycles. The molecule has 5 nitrogen and oxygen atoms in total. The number of nitrogens with one attached hydrogen (secondary N) is 1. The number of H-pyrrole nitrogens is 1. The average Bonchev–Trinajstić information content (AvgIpc) is 2.87. The molecule has 0 aliphatic rings. The molecule has 0 aliphatic heterocycles. The third-order valence-electron chi connectivity index (χ3n) is 3.19. The summed E-state index contributed by atoms with van der Waals surface area (Å²) in [5.41, 5.74) is 0.597. The first kappa shape index (κ1) is 14.0. The summed E-state index contributed by atoms with van der Waals surface area (Å²) >= 11 is 0. The fourth-order valence-electron chi connectivity index (χ4n) is 1.97. The molecule has 20 heavy (non-hydrogen) atoms. The highest BCUT2D eigenvalue weighted by molar-refractivity contribution is 6.45. The molecule has 6 heteroatoms. The summed E-state index contributed by atoms with van der Waals surface area (Å²) in [4.78, 5) is 28.2. The molecule has 1 N–H and O–H groups in total. The number of hydrogen-bond acceptors (Lipinski definition) is 3. The number of rotatable bonds is 4. The van der Waals surface area contributed by atoms with Crippen LogP contribution in [0, 0.1) is 5.82 Å². The van der Waals surface area contributed by atoms with Crippen molar-refractivity contribution >= 4 is 22.6 Å². The first-order chi connectivity index (χ1) is 9.49. The highest BCUT2D eigenvalue weighted by Gasteiger charge is 2.24. The van der Waals surface area contributed by atoms with Crippen LogP contribution in [0.3, 0.4) is 0 Å². The van der Waals surface area contributed by atoms with E-state index >= 15 is 0 Å². The van der Waals surface area contributed by atoms with Gasteiger partial charge in [-0.3, -0.25) is 9.59 Å². The average molecular weight is 278 g/mol. The Balaban J connectivity index is 2.56. The molecule has 2 aromatic rings. The lowest BCUT2D eigenvalue weighted by molar-refractivity contribution is -0.125. The normalized spacial score (nSPS) is 10.6. The summed E-state index contributed by atoms with van der Waals surface area (Å²) in [6, 6.07) is 2.43. The third-order valence-corrected chi connectivity index (χ3v) is 3.19. The topological polar surface area (TPSA) is 62.4 Å². The van der Waals surface area contributed by atoms with Gasteiger partial charge in [-0.1, -0.05) is 0 Å². The summed E-state index contributed by atoms with van der Waals surface area (Å²) < 4.78 is 18.5. The summed E-state index contributed by atoms with van der Waals surface area (Å²) in [6.07, 6.45) is 1.40. The number of Topliss-reactive ketones (excluding diaryl/α,β-unsaturated/α-hetero) is 1. The maximum absolute atomic E-state index is 13.4. The van der Waals surface area contributed by atoms with Crippen molar-refractivity contribution in [2.45, 2.75) is 6.92 Å². The van der Waals surface area contributed by atoms with Crippen molar-refractivity contribution < 1.29 is 18.7 Å². The minimum absolute atomic E-state index is 0.183. The van der Waals surface area contributed by atoms with Crippen LogP contribution in [0.1, 0.15) is 17.3 Å². The Bertz CT molecular complexity index is 678. The fourth-order valence-corrected chi connectivity index (χ4v) is 1.97. The number of halogens is 1. The molecular formula is C14H15FN2O3. The predicted molar refractivity (Wildman–Crippen MR) is 72.5 cm³/mol. The minimum atomic E-state index is -0.648. The molecular weight excluding hydrogens is 263 g/mol. The van der Waals surface area contributed by atoms with Crippen molar-refractivity contribution in [2.24, 2.45) is 0 Å². The number of likely N-dealkylation sites (N-methyl/N-ethyl adjacent to an activating group) is 1. The third kappa shape index (κ3) is 2.24. The van der Waals surface area contributed by atoms with Crippen molar-refractivity contribution in [2.75, 3.05) is 20.7 Å². The first-order valence-corrected chi connectivity index (χ1v) is 6.14. The molecule has 0 bridgehead atoms. The lowest BCUT2D eigenvalue weighted by atomic mass is 10.1. The maximum Gasteiger partial charge on any atom is 0.294 e. The zero-order valence-electron chi connectivity index (χ0n) is 11.5. The lowest BCUT2D eigenvalue weighted by Gasteiger charge is -2.13. The van der Waals surface area contributed by atoms with E-state index in [9.17, 15) is 14.0 Å². The molecule has 1 aromatic carbocycles. The number of aromatic amines is 1. The molecule has 2 rings (SSSR count). The lowest BCUT2D eigenvalue weighted by Crippen LogP contribution is -2.32. The van der Waals surface area contributed by atoms with Gasteiger partial charge in [0.15, 0.2) is 0 Å². The highest BCUT2D eigenvalue weighted by atomic mass is 19.1. The molecule has 1 amide bonds. The second-order valence-corrected chi connectivity index (χ2v) is 4.38. The van der Waals surface area contributed by atoms with Gasteiger partial charge in [0.1, 0.15) is 11.6 Å². The van der Waals surface area contributed by atoms with Crippen LogP contribution in [-0.2, 0) is 4.79 Å². The Kier molecular flexibility index (Phi) is 3.74. The Morgan fingerprint density at radius 2 is 2.10 bits per heavy atom. The van der Waals surface area contributed by atoms with E-state index in [4.69, 9.17) is 4.74 Å². The Morgan fingerprint density at radius 3 is 2.70 bits per heavy atom. The highest BCUT2D eigenvalue weighted by Crippen LogP contribution is 2.30. The predicted octanol–water partition coefficient (Wildman–Crippen LogP) is 1.98. The number of methoxy groups -OCH3 is 1. The first-order valence-electron chi connectivity index (χ1n) is 6.14. The molecule has 0 saturated heterocycles. The minimum Gasteiger partial charge on any atom is -0.496 e. The smallest absolute Gasteiger partial charge is 0.294 e. The van der Waals surface area contributed by atoms with Crippen LogP contribution in [0.2, 0.25) is 0 Å². The van der Waals surface area contributed by atoms with E-state index in [2.05, 4.69) is 4.98 Å². The van der Waals surface area contributed by atoms with Crippen molar-refractivity contribution in [3.8, 4) is 5.75 Å². The van der Waals surface area contributed by atoms with Gasteiger partial charge in [0, 0.05) is 25.9 Å². The van der Waals surface area contributed by atoms with Crippen molar-refractivity contribution in [1.82, 2.24) is 9.88 Å². The summed E-state index contributed by atoms with van der Waals surface area (Å²) in [6.45, 7) is 2.20. The van der Waals surface area contributed by atoms with E-state index in [1.54, 1.807) is 14.0 Å². The molecule has 0 atom stereocenters. The van der Waals surface area contributed by atoms with Crippen molar-refractivity contribution in [1.29, 1.82) is 0 Å². The number of nitrogens with zero attached hydrogens (tertiary/aromatic N) is 1. The number of carbonyl (C=O) groups excluding carboxylic acids is 2. The van der Waals surface area contributed by atoms with Gasteiger partial charge in [0.05, 0.1) is 23.6 Å². The number of amides is 1. The number of benzene rings is 1. The van der Waals surface area contributed by atoms with E-state index in [1.165, 1.54) is 30.3 Å². The molecule has 0 aliphatic carbocycles. The molecule has 0 fully saturated rings. The van der Waals surface area contributed by atoms with Gasteiger partial charge in [0.25, 0.3) is 11.7 Å². The summed E-state index contributed by atoms with van der Waals surface area (Å²) in [5, 5.41) is 0.414. The quantitative estimate of drug-likeness (QED) is 0.687. The van der Waals surface area contributed by atoms with Gasteiger partial charge >= 0.3 is 0 Å². The summed E-state index contributed by atoms with van der Waals surface area (Å²) in [5.74, 6) is -1.52. The van der Waals surface area contributed by atoms with Gasteiger partial charge in [-0.25, -0.2) is 4.39 Å². The standard InChI is InChI=1S/C14H15FN2O3/c1-4-17(2)14(19)13(18)9-7-16-10-5-8(15)6-11(20-3)12(9)10/h5-7,16H,4H2,1-3H3. The maximum atomic E-state index is 13.4. The molecule has 106 valence electrons. The van der Waals surface area contributed by atoms with Gasteiger partial charge in [0.2, 0.25) is 0 Å². The Morgan fingerprint density at radius 1 is 1.40 bits per heavy atom. The van der Waals surface area contributed by atoms with Crippen molar-refractivity contribution in [3.63, 3.8) is 0 Å². The van der Waals surface area contributed by atoms with Gasteiger partial charge in [-0.05, 0) is 13.0 Å². The number of ketones is 1. The van der Waals surface area contributed by atoms with Gasteiger partial charge < -0.3 is 14.6 Å². The SMILES string of the molecule is CCN(C)C(=O)C(=O)c1c[nH]c2cc(F)cc(OC)c12. The molecule has 0 saturated carbocycles. The zero-order valence-corrected chi connectivity index (χ0v) is 11.5. The monoisotopic (exact) mass is 278 g/mol. The summed E-state index contributed by atoms with van der Waals surface area (Å²) in [7, 11) is 2.93. The van der Waals surface area contributed by atoms with Crippen LogP contribution in [0.25, 0.3) is 10.9 Å². The molecule has 0 radical (unpaired) electrons. The molecule has 1 heterocycles. The van der Waals surface area contributed by atoms with Crippen LogP contribution in [0.5, 0.6) is 5.75 Å². The number of ether oxygens (including phenoxy) is 1. The van der Waals surface area contributed by atoms with Crippen LogP contribution in [-0.4, -0.2) is 42.3 Å². The number of carbonyl (C=O) groups is 2. The zero-order chi connectivity index (χ0) is 14.9. The van der Waals surface area contributed by atoms with E-state index < -0.39 is 17.5 Å². The van der Waals surface area contributed by atoms with E-state index in [1.807, 2.05) is 0 Å². The number of fused-ring (bicyclic) bond motifs is 1. The van der Waals surface area contributed by atoms with E-state index in [0.717, 1.165) is 0 Å². The largest absolute Gasteiger partial charge is 0.496 e. The Hall–Kier alpha value is -2.37. The number of hydrogen-bond donors (Lipinski definition) is 1.